The normalized spacial score (nSPS) is 14.3. The van der Waals surface area contributed by atoms with Crippen molar-refractivity contribution in [3.8, 4) is 5.75 Å². The third-order valence-electron chi connectivity index (χ3n) is 4.59. The van der Waals surface area contributed by atoms with Gasteiger partial charge in [-0.2, -0.15) is 0 Å². The van der Waals surface area contributed by atoms with Crippen molar-refractivity contribution in [3.05, 3.63) is 41.7 Å². The molecule has 7 heteroatoms. The Labute approximate surface area is 154 Å². The second kappa shape index (κ2) is 7.59. The van der Waals surface area contributed by atoms with E-state index in [0.717, 1.165) is 24.5 Å². The van der Waals surface area contributed by atoms with E-state index >= 15 is 0 Å². The number of benzene rings is 1. The minimum Gasteiger partial charge on any atom is -0.495 e. The van der Waals surface area contributed by atoms with Gasteiger partial charge in [0.05, 0.1) is 24.1 Å². The van der Waals surface area contributed by atoms with Gasteiger partial charge in [0.1, 0.15) is 5.75 Å². The SMILES string of the molecule is COc1ccccc1N1CCN(C(=O)c2cnc(N(C)C)nc2C)CC1. The molecule has 0 radical (unpaired) electrons. The van der Waals surface area contributed by atoms with Crippen molar-refractivity contribution in [1.82, 2.24) is 14.9 Å². The van der Waals surface area contributed by atoms with Crippen molar-refractivity contribution in [2.75, 3.05) is 57.2 Å². The predicted octanol–water partition coefficient (Wildman–Crippen LogP) is 1.82. The van der Waals surface area contributed by atoms with Gasteiger partial charge in [0.2, 0.25) is 5.95 Å². The quantitative estimate of drug-likeness (QED) is 0.834. The molecule has 0 unspecified atom stereocenters. The smallest absolute Gasteiger partial charge is 0.257 e. The molecule has 1 aliphatic rings. The van der Waals surface area contributed by atoms with Gasteiger partial charge in [0.25, 0.3) is 5.91 Å². The number of aryl methyl sites for hydroxylation is 1. The Hall–Kier alpha value is -2.83. The summed E-state index contributed by atoms with van der Waals surface area (Å²) in [5.41, 5.74) is 2.35. The second-order valence-corrected chi connectivity index (χ2v) is 6.51. The van der Waals surface area contributed by atoms with Crippen LogP contribution in [0.1, 0.15) is 16.1 Å². The van der Waals surface area contributed by atoms with Crippen molar-refractivity contribution in [3.63, 3.8) is 0 Å². The van der Waals surface area contributed by atoms with Crippen LogP contribution in [0.3, 0.4) is 0 Å². The van der Waals surface area contributed by atoms with Gasteiger partial charge >= 0.3 is 0 Å². The maximum absolute atomic E-state index is 12.9. The number of nitrogens with zero attached hydrogens (tertiary/aromatic N) is 5. The van der Waals surface area contributed by atoms with Gasteiger partial charge in [-0.05, 0) is 19.1 Å². The highest BCUT2D eigenvalue weighted by molar-refractivity contribution is 5.95. The fraction of sp³-hybridized carbons (Fsp3) is 0.421. The first-order valence-electron chi connectivity index (χ1n) is 8.69. The lowest BCUT2D eigenvalue weighted by atomic mass is 10.2. The van der Waals surface area contributed by atoms with Crippen LogP contribution in [0.4, 0.5) is 11.6 Å². The zero-order chi connectivity index (χ0) is 18.7. The van der Waals surface area contributed by atoms with Gasteiger partial charge in [-0.15, -0.1) is 0 Å². The summed E-state index contributed by atoms with van der Waals surface area (Å²) < 4.78 is 5.45. The Bertz CT molecular complexity index is 785. The van der Waals surface area contributed by atoms with Crippen LogP contribution in [-0.4, -0.2) is 68.2 Å². The minimum atomic E-state index is -0.00696. The van der Waals surface area contributed by atoms with Crippen LogP contribution >= 0.6 is 0 Å². The van der Waals surface area contributed by atoms with Crippen molar-refractivity contribution >= 4 is 17.5 Å². The fourth-order valence-corrected chi connectivity index (χ4v) is 3.09. The number of hydrogen-bond acceptors (Lipinski definition) is 6. The summed E-state index contributed by atoms with van der Waals surface area (Å²) in [6.45, 7) is 4.70. The first-order chi connectivity index (χ1) is 12.5. The monoisotopic (exact) mass is 355 g/mol. The molecule has 7 nitrogen and oxygen atoms in total. The number of aromatic nitrogens is 2. The molecule has 1 saturated heterocycles. The molecule has 1 aliphatic heterocycles. The first-order valence-corrected chi connectivity index (χ1v) is 8.69. The van der Waals surface area contributed by atoms with Gasteiger partial charge in [0.15, 0.2) is 0 Å². The summed E-state index contributed by atoms with van der Waals surface area (Å²) in [5, 5.41) is 0. The molecule has 0 aliphatic carbocycles. The Balaban J connectivity index is 1.69. The number of amides is 1. The van der Waals surface area contributed by atoms with E-state index in [1.807, 2.05) is 55.1 Å². The average Bonchev–Trinajstić information content (AvgIpc) is 2.67. The van der Waals surface area contributed by atoms with E-state index in [-0.39, 0.29) is 5.91 Å². The number of methoxy groups -OCH3 is 1. The molecule has 2 heterocycles. The lowest BCUT2D eigenvalue weighted by Crippen LogP contribution is -2.49. The molecular weight excluding hydrogens is 330 g/mol. The van der Waals surface area contributed by atoms with E-state index in [1.165, 1.54) is 0 Å². The topological polar surface area (TPSA) is 61.8 Å². The summed E-state index contributed by atoms with van der Waals surface area (Å²) in [6.07, 6.45) is 1.63. The third-order valence-corrected chi connectivity index (χ3v) is 4.59. The van der Waals surface area contributed by atoms with Crippen molar-refractivity contribution in [2.24, 2.45) is 0 Å². The van der Waals surface area contributed by atoms with Gasteiger partial charge in [-0.1, -0.05) is 12.1 Å². The van der Waals surface area contributed by atoms with Gasteiger partial charge in [-0.3, -0.25) is 4.79 Å². The van der Waals surface area contributed by atoms with Crippen LogP contribution in [0.25, 0.3) is 0 Å². The van der Waals surface area contributed by atoms with Gasteiger partial charge in [-0.25, -0.2) is 9.97 Å². The summed E-state index contributed by atoms with van der Waals surface area (Å²) in [7, 11) is 5.44. The molecule has 2 aromatic rings. The number of carbonyl (C=O) groups is 1. The number of hydrogen-bond donors (Lipinski definition) is 0. The number of carbonyl (C=O) groups excluding carboxylic acids is 1. The molecule has 1 aromatic heterocycles. The Morgan fingerprint density at radius 1 is 1.15 bits per heavy atom. The first kappa shape index (κ1) is 18.0. The second-order valence-electron chi connectivity index (χ2n) is 6.51. The molecule has 0 atom stereocenters. The minimum absolute atomic E-state index is 0.00696. The number of rotatable bonds is 4. The molecule has 1 aromatic carbocycles. The Morgan fingerprint density at radius 2 is 1.85 bits per heavy atom. The molecule has 3 rings (SSSR count). The highest BCUT2D eigenvalue weighted by Gasteiger charge is 2.25. The van der Waals surface area contributed by atoms with Crippen LogP contribution in [0, 0.1) is 6.92 Å². The van der Waals surface area contributed by atoms with Crippen molar-refractivity contribution < 1.29 is 9.53 Å². The zero-order valence-corrected chi connectivity index (χ0v) is 15.8. The molecule has 0 saturated carbocycles. The van der Waals surface area contributed by atoms with E-state index in [4.69, 9.17) is 4.74 Å². The Kier molecular flexibility index (Phi) is 5.25. The molecule has 0 spiro atoms. The summed E-state index contributed by atoms with van der Waals surface area (Å²) >= 11 is 0. The summed E-state index contributed by atoms with van der Waals surface area (Å²) in [6, 6.07) is 7.97. The maximum Gasteiger partial charge on any atom is 0.257 e. The molecule has 1 amide bonds. The molecule has 26 heavy (non-hydrogen) atoms. The van der Waals surface area contributed by atoms with E-state index < -0.39 is 0 Å². The standard InChI is InChI=1S/C19H25N5O2/c1-14-15(13-20-19(21-14)22(2)3)18(25)24-11-9-23(10-12-24)16-7-5-6-8-17(16)26-4/h5-8,13H,9-12H2,1-4H3. The number of para-hydroxylation sites is 2. The predicted molar refractivity (Wildman–Crippen MR) is 102 cm³/mol. The number of ether oxygens (including phenoxy) is 1. The van der Waals surface area contributed by atoms with Crippen molar-refractivity contribution in [2.45, 2.75) is 6.92 Å². The van der Waals surface area contributed by atoms with E-state index in [2.05, 4.69) is 14.9 Å². The Morgan fingerprint density at radius 3 is 2.46 bits per heavy atom. The van der Waals surface area contributed by atoms with Gasteiger partial charge < -0.3 is 19.4 Å². The van der Waals surface area contributed by atoms with Crippen LogP contribution in [-0.2, 0) is 0 Å². The third kappa shape index (κ3) is 3.56. The van der Waals surface area contributed by atoms with Gasteiger partial charge in [0, 0.05) is 46.5 Å². The van der Waals surface area contributed by atoms with Crippen LogP contribution < -0.4 is 14.5 Å². The molecule has 138 valence electrons. The highest BCUT2D eigenvalue weighted by atomic mass is 16.5. The summed E-state index contributed by atoms with van der Waals surface area (Å²) in [5.74, 6) is 1.46. The maximum atomic E-state index is 12.9. The highest BCUT2D eigenvalue weighted by Crippen LogP contribution is 2.28. The lowest BCUT2D eigenvalue weighted by Gasteiger charge is -2.36. The fourth-order valence-electron chi connectivity index (χ4n) is 3.09. The summed E-state index contributed by atoms with van der Waals surface area (Å²) in [4.78, 5) is 27.5. The number of piperazine rings is 1. The van der Waals surface area contributed by atoms with Crippen LogP contribution in [0.2, 0.25) is 0 Å². The molecule has 1 fully saturated rings. The van der Waals surface area contributed by atoms with E-state index in [0.29, 0.717) is 30.3 Å². The number of anilines is 2. The molecular formula is C19H25N5O2. The van der Waals surface area contributed by atoms with Crippen LogP contribution in [0.15, 0.2) is 30.5 Å². The van der Waals surface area contributed by atoms with Crippen molar-refractivity contribution in [1.29, 1.82) is 0 Å². The molecule has 0 bridgehead atoms. The largest absolute Gasteiger partial charge is 0.495 e. The average molecular weight is 355 g/mol. The molecule has 0 N–H and O–H groups in total. The van der Waals surface area contributed by atoms with E-state index in [1.54, 1.807) is 13.3 Å². The van der Waals surface area contributed by atoms with Crippen LogP contribution in [0.5, 0.6) is 5.75 Å². The van der Waals surface area contributed by atoms with E-state index in [9.17, 15) is 4.79 Å². The zero-order valence-electron chi connectivity index (χ0n) is 15.8. The lowest BCUT2D eigenvalue weighted by molar-refractivity contribution is 0.0745.